The Balaban J connectivity index is 1.76. The van der Waals surface area contributed by atoms with Crippen molar-refractivity contribution < 1.29 is 5.11 Å². The standard InChI is InChI=1S/C23H36N4O/c1-17-11-21(14-26(9-10-28)16-23-13-24-20(4)25-23)19(3)22(12-17)15-27-8-6-5-7-18(27)2/h11-13,18,28H,5-10,14-16H2,1-4H3,(H,24,25). The average Bonchev–Trinajstić information content (AvgIpc) is 3.06. The van der Waals surface area contributed by atoms with E-state index in [0.717, 1.165) is 31.2 Å². The minimum Gasteiger partial charge on any atom is -0.395 e. The number of benzene rings is 1. The van der Waals surface area contributed by atoms with Crippen LogP contribution in [0.25, 0.3) is 0 Å². The van der Waals surface area contributed by atoms with Crippen LogP contribution in [0.15, 0.2) is 18.3 Å². The molecule has 0 spiro atoms. The number of nitrogens with zero attached hydrogens (tertiary/aromatic N) is 3. The maximum Gasteiger partial charge on any atom is 0.103 e. The van der Waals surface area contributed by atoms with Crippen LogP contribution in [-0.2, 0) is 19.6 Å². The predicted octanol–water partition coefficient (Wildman–Crippen LogP) is 3.70. The number of likely N-dealkylation sites (tertiary alicyclic amines) is 1. The van der Waals surface area contributed by atoms with E-state index in [1.54, 1.807) is 0 Å². The molecular formula is C23H36N4O. The molecule has 0 saturated carbocycles. The summed E-state index contributed by atoms with van der Waals surface area (Å²) >= 11 is 0. The summed E-state index contributed by atoms with van der Waals surface area (Å²) in [5.41, 5.74) is 6.63. The Morgan fingerprint density at radius 2 is 1.96 bits per heavy atom. The second-order valence-corrected chi connectivity index (χ2v) is 8.45. The first kappa shape index (κ1) is 21.0. The van der Waals surface area contributed by atoms with E-state index < -0.39 is 0 Å². The van der Waals surface area contributed by atoms with Gasteiger partial charge in [0.05, 0.1) is 6.61 Å². The molecular weight excluding hydrogens is 348 g/mol. The van der Waals surface area contributed by atoms with Crippen molar-refractivity contribution in [3.05, 3.63) is 52.1 Å². The Bertz CT molecular complexity index is 770. The molecule has 1 unspecified atom stereocenters. The van der Waals surface area contributed by atoms with Crippen molar-refractivity contribution >= 4 is 0 Å². The molecule has 1 aromatic carbocycles. The summed E-state index contributed by atoms with van der Waals surface area (Å²) in [6.45, 7) is 13.5. The van der Waals surface area contributed by atoms with Crippen molar-refractivity contribution in [1.29, 1.82) is 0 Å². The number of aromatic amines is 1. The number of H-pyrrole nitrogens is 1. The Kier molecular flexibility index (Phi) is 7.27. The van der Waals surface area contributed by atoms with Crippen LogP contribution in [0.3, 0.4) is 0 Å². The van der Waals surface area contributed by atoms with Crippen LogP contribution >= 0.6 is 0 Å². The molecule has 0 bridgehead atoms. The first-order valence-corrected chi connectivity index (χ1v) is 10.6. The van der Waals surface area contributed by atoms with Gasteiger partial charge in [0, 0.05) is 44.1 Å². The van der Waals surface area contributed by atoms with Gasteiger partial charge in [-0.05, 0) is 63.8 Å². The molecule has 1 aliphatic heterocycles. The summed E-state index contributed by atoms with van der Waals surface area (Å²) < 4.78 is 0. The molecule has 28 heavy (non-hydrogen) atoms. The van der Waals surface area contributed by atoms with Crippen LogP contribution in [0.5, 0.6) is 0 Å². The molecule has 2 heterocycles. The topological polar surface area (TPSA) is 55.4 Å². The summed E-state index contributed by atoms with van der Waals surface area (Å²) in [5, 5.41) is 9.55. The molecule has 1 aliphatic rings. The number of rotatable bonds is 8. The third-order valence-electron chi connectivity index (χ3n) is 6.04. The second-order valence-electron chi connectivity index (χ2n) is 8.45. The molecule has 2 aromatic rings. The highest BCUT2D eigenvalue weighted by atomic mass is 16.3. The lowest BCUT2D eigenvalue weighted by atomic mass is 9.96. The fourth-order valence-corrected chi connectivity index (χ4v) is 4.34. The monoisotopic (exact) mass is 384 g/mol. The molecule has 154 valence electrons. The molecule has 3 rings (SSSR count). The maximum atomic E-state index is 9.55. The number of imidazole rings is 1. The first-order valence-electron chi connectivity index (χ1n) is 10.6. The van der Waals surface area contributed by atoms with E-state index in [9.17, 15) is 5.11 Å². The van der Waals surface area contributed by atoms with Crippen molar-refractivity contribution in [1.82, 2.24) is 19.8 Å². The van der Waals surface area contributed by atoms with Crippen LogP contribution in [0.1, 0.15) is 60.0 Å². The SMILES string of the molecule is Cc1cc(CN(CCO)Cc2cnc(C)[nH]2)c(C)c(CN2CCCCC2C)c1. The van der Waals surface area contributed by atoms with Gasteiger partial charge in [-0.3, -0.25) is 9.80 Å². The number of piperidine rings is 1. The number of aryl methyl sites for hydroxylation is 2. The van der Waals surface area contributed by atoms with Gasteiger partial charge in [-0.1, -0.05) is 24.1 Å². The van der Waals surface area contributed by atoms with Crippen molar-refractivity contribution in [3.63, 3.8) is 0 Å². The van der Waals surface area contributed by atoms with Crippen LogP contribution in [0.2, 0.25) is 0 Å². The molecule has 1 fully saturated rings. The van der Waals surface area contributed by atoms with Crippen LogP contribution < -0.4 is 0 Å². The van der Waals surface area contributed by atoms with Crippen molar-refractivity contribution in [3.8, 4) is 0 Å². The highest BCUT2D eigenvalue weighted by Gasteiger charge is 2.20. The van der Waals surface area contributed by atoms with Crippen LogP contribution in [0, 0.1) is 20.8 Å². The van der Waals surface area contributed by atoms with E-state index in [1.807, 2.05) is 13.1 Å². The van der Waals surface area contributed by atoms with E-state index in [0.29, 0.717) is 12.6 Å². The lowest BCUT2D eigenvalue weighted by Gasteiger charge is -2.34. The zero-order valence-electron chi connectivity index (χ0n) is 18.0. The molecule has 2 N–H and O–H groups in total. The van der Waals surface area contributed by atoms with Crippen molar-refractivity contribution in [2.45, 2.75) is 72.6 Å². The number of hydrogen-bond donors (Lipinski definition) is 2. The van der Waals surface area contributed by atoms with Gasteiger partial charge in [0.25, 0.3) is 0 Å². The zero-order valence-corrected chi connectivity index (χ0v) is 18.0. The Hall–Kier alpha value is -1.69. The number of aromatic nitrogens is 2. The third kappa shape index (κ3) is 5.43. The van der Waals surface area contributed by atoms with Gasteiger partial charge >= 0.3 is 0 Å². The molecule has 1 aromatic heterocycles. The minimum atomic E-state index is 0.163. The molecule has 0 aliphatic carbocycles. The largest absolute Gasteiger partial charge is 0.395 e. The Labute approximate surface area is 169 Å². The van der Waals surface area contributed by atoms with Crippen LogP contribution in [0.4, 0.5) is 0 Å². The Morgan fingerprint density at radius 1 is 1.18 bits per heavy atom. The predicted molar refractivity (Wildman–Crippen MR) is 114 cm³/mol. The molecule has 5 heteroatoms. The van der Waals surface area contributed by atoms with Gasteiger partial charge in [0.15, 0.2) is 0 Å². The summed E-state index contributed by atoms with van der Waals surface area (Å²) in [6, 6.07) is 5.34. The van der Waals surface area contributed by atoms with Gasteiger partial charge in [-0.15, -0.1) is 0 Å². The maximum absolute atomic E-state index is 9.55. The van der Waals surface area contributed by atoms with Gasteiger partial charge in [0.2, 0.25) is 0 Å². The van der Waals surface area contributed by atoms with Gasteiger partial charge in [-0.2, -0.15) is 0 Å². The Morgan fingerprint density at radius 3 is 2.64 bits per heavy atom. The number of hydrogen-bond acceptors (Lipinski definition) is 4. The van der Waals surface area contributed by atoms with Gasteiger partial charge in [-0.25, -0.2) is 4.98 Å². The molecule has 5 nitrogen and oxygen atoms in total. The minimum absolute atomic E-state index is 0.163. The highest BCUT2D eigenvalue weighted by Crippen LogP contribution is 2.24. The smallest absolute Gasteiger partial charge is 0.103 e. The number of aliphatic hydroxyl groups excluding tert-OH is 1. The van der Waals surface area contributed by atoms with E-state index in [4.69, 9.17) is 0 Å². The van der Waals surface area contributed by atoms with E-state index in [1.165, 1.54) is 48.1 Å². The average molecular weight is 385 g/mol. The zero-order chi connectivity index (χ0) is 20.1. The highest BCUT2D eigenvalue weighted by molar-refractivity contribution is 5.38. The second kappa shape index (κ2) is 9.68. The lowest BCUT2D eigenvalue weighted by Crippen LogP contribution is -2.37. The normalized spacial score (nSPS) is 18.1. The first-order chi connectivity index (χ1) is 13.5. The quantitative estimate of drug-likeness (QED) is 0.729. The molecule has 0 radical (unpaired) electrons. The van der Waals surface area contributed by atoms with E-state index in [-0.39, 0.29) is 6.61 Å². The van der Waals surface area contributed by atoms with Crippen LogP contribution in [-0.4, -0.2) is 50.6 Å². The molecule has 1 atom stereocenters. The van der Waals surface area contributed by atoms with E-state index >= 15 is 0 Å². The van der Waals surface area contributed by atoms with Gasteiger partial charge < -0.3 is 10.1 Å². The number of nitrogens with one attached hydrogen (secondary N) is 1. The summed E-state index contributed by atoms with van der Waals surface area (Å²) in [6.07, 6.45) is 5.88. The van der Waals surface area contributed by atoms with Crippen molar-refractivity contribution in [2.75, 3.05) is 19.7 Å². The summed E-state index contributed by atoms with van der Waals surface area (Å²) in [4.78, 5) is 12.5. The van der Waals surface area contributed by atoms with Gasteiger partial charge in [0.1, 0.15) is 5.82 Å². The third-order valence-corrected chi connectivity index (χ3v) is 6.04. The van der Waals surface area contributed by atoms with Crippen molar-refractivity contribution in [2.24, 2.45) is 0 Å². The van der Waals surface area contributed by atoms with E-state index in [2.05, 4.69) is 52.7 Å². The summed E-state index contributed by atoms with van der Waals surface area (Å²) in [5.74, 6) is 0.934. The lowest BCUT2D eigenvalue weighted by molar-refractivity contribution is 0.152. The fourth-order valence-electron chi connectivity index (χ4n) is 4.34. The molecule has 1 saturated heterocycles. The summed E-state index contributed by atoms with van der Waals surface area (Å²) in [7, 11) is 0. The molecule has 0 amide bonds. The number of aliphatic hydroxyl groups is 1. The fraction of sp³-hybridized carbons (Fsp3) is 0.609.